The molecule has 0 aliphatic carbocycles. The SMILES string of the molecule is CC(C)OC(=O)NS(=O)(=O)Nc1cccc(F)n1. The number of nitrogens with zero attached hydrogens (tertiary/aromatic N) is 1. The summed E-state index contributed by atoms with van der Waals surface area (Å²) in [6.45, 7) is 3.13. The number of hydrogen-bond acceptors (Lipinski definition) is 5. The standard InChI is InChI=1S/C9H12FN3O4S/c1-6(2)17-9(14)13-18(15,16)12-8-5-3-4-7(10)11-8/h3-6H,1-2H3,(H,11,12)(H,13,14). The van der Waals surface area contributed by atoms with Gasteiger partial charge in [-0.05, 0) is 26.0 Å². The Labute approximate surface area is 104 Å². The van der Waals surface area contributed by atoms with Gasteiger partial charge in [-0.3, -0.25) is 0 Å². The van der Waals surface area contributed by atoms with Crippen molar-refractivity contribution in [3.05, 3.63) is 24.1 Å². The van der Waals surface area contributed by atoms with E-state index in [1.54, 1.807) is 18.6 Å². The first-order valence-electron chi connectivity index (χ1n) is 4.92. The number of carbonyl (C=O) groups excluding carboxylic acids is 1. The van der Waals surface area contributed by atoms with Crippen LogP contribution in [0.15, 0.2) is 18.2 Å². The van der Waals surface area contributed by atoms with Gasteiger partial charge < -0.3 is 4.74 Å². The fourth-order valence-electron chi connectivity index (χ4n) is 0.976. The summed E-state index contributed by atoms with van der Waals surface area (Å²) in [7, 11) is -4.20. The Hall–Kier alpha value is -1.90. The van der Waals surface area contributed by atoms with Gasteiger partial charge in [0.05, 0.1) is 6.10 Å². The minimum Gasteiger partial charge on any atom is -0.446 e. The van der Waals surface area contributed by atoms with Crippen LogP contribution in [0.5, 0.6) is 0 Å². The molecule has 1 heterocycles. The molecule has 0 spiro atoms. The molecule has 9 heteroatoms. The molecule has 1 amide bonds. The summed E-state index contributed by atoms with van der Waals surface area (Å²) >= 11 is 0. The predicted molar refractivity (Wildman–Crippen MR) is 61.5 cm³/mol. The van der Waals surface area contributed by atoms with Gasteiger partial charge in [0.15, 0.2) is 0 Å². The molecule has 0 bridgehead atoms. The second-order valence-electron chi connectivity index (χ2n) is 3.51. The maximum Gasteiger partial charge on any atom is 0.422 e. The number of aromatic nitrogens is 1. The molecule has 7 nitrogen and oxygen atoms in total. The summed E-state index contributed by atoms with van der Waals surface area (Å²) in [5.74, 6) is -1.10. The van der Waals surface area contributed by atoms with E-state index >= 15 is 0 Å². The number of carbonyl (C=O) groups is 1. The highest BCUT2D eigenvalue weighted by Gasteiger charge is 2.16. The van der Waals surface area contributed by atoms with Gasteiger partial charge in [0, 0.05) is 0 Å². The molecule has 0 unspecified atom stereocenters. The van der Waals surface area contributed by atoms with Crippen LogP contribution in [0.4, 0.5) is 15.0 Å². The molecule has 0 aliphatic rings. The third kappa shape index (κ3) is 4.95. The van der Waals surface area contributed by atoms with Crippen molar-refractivity contribution in [3.8, 4) is 0 Å². The predicted octanol–water partition coefficient (Wildman–Crippen LogP) is 1.01. The lowest BCUT2D eigenvalue weighted by Gasteiger charge is -2.10. The van der Waals surface area contributed by atoms with Crippen LogP contribution < -0.4 is 9.44 Å². The molecule has 1 rings (SSSR count). The number of ether oxygens (including phenoxy) is 1. The van der Waals surface area contributed by atoms with Crippen LogP contribution in [-0.2, 0) is 14.9 Å². The molecule has 2 N–H and O–H groups in total. The molecule has 0 saturated heterocycles. The van der Waals surface area contributed by atoms with E-state index in [0.717, 1.165) is 6.07 Å². The maximum atomic E-state index is 12.7. The van der Waals surface area contributed by atoms with Crippen molar-refractivity contribution in [2.45, 2.75) is 20.0 Å². The molecule has 0 aliphatic heterocycles. The molecule has 0 radical (unpaired) electrons. The van der Waals surface area contributed by atoms with Crippen LogP contribution in [0.3, 0.4) is 0 Å². The molecule has 1 aromatic rings. The molecule has 0 fully saturated rings. The second-order valence-corrected chi connectivity index (χ2v) is 4.92. The zero-order valence-corrected chi connectivity index (χ0v) is 10.5. The first-order valence-corrected chi connectivity index (χ1v) is 6.40. The fraction of sp³-hybridized carbons (Fsp3) is 0.333. The van der Waals surface area contributed by atoms with E-state index in [1.165, 1.54) is 12.1 Å². The topological polar surface area (TPSA) is 97.4 Å². The average Bonchev–Trinajstić information content (AvgIpc) is 2.13. The van der Waals surface area contributed by atoms with Gasteiger partial charge in [-0.15, -0.1) is 0 Å². The Kier molecular flexibility index (Phi) is 4.43. The molecular formula is C9H12FN3O4S. The Morgan fingerprint density at radius 1 is 1.44 bits per heavy atom. The Balaban J connectivity index is 2.68. The number of nitrogens with one attached hydrogen (secondary N) is 2. The lowest BCUT2D eigenvalue weighted by molar-refractivity contribution is 0.121. The van der Waals surface area contributed by atoms with Crippen LogP contribution in [0.1, 0.15) is 13.8 Å². The van der Waals surface area contributed by atoms with E-state index in [-0.39, 0.29) is 5.82 Å². The van der Waals surface area contributed by atoms with Crippen LogP contribution in [0.2, 0.25) is 0 Å². The third-order valence-electron chi connectivity index (χ3n) is 1.51. The van der Waals surface area contributed by atoms with Gasteiger partial charge in [0.25, 0.3) is 0 Å². The number of amides is 1. The average molecular weight is 277 g/mol. The van der Waals surface area contributed by atoms with E-state index in [4.69, 9.17) is 0 Å². The minimum atomic E-state index is -4.20. The first-order chi connectivity index (χ1) is 8.28. The van der Waals surface area contributed by atoms with E-state index < -0.39 is 28.4 Å². The van der Waals surface area contributed by atoms with E-state index in [9.17, 15) is 17.6 Å². The quantitative estimate of drug-likeness (QED) is 0.800. The van der Waals surface area contributed by atoms with Gasteiger partial charge in [-0.1, -0.05) is 6.07 Å². The minimum absolute atomic E-state index is 0.250. The van der Waals surface area contributed by atoms with Crippen molar-refractivity contribution in [1.29, 1.82) is 0 Å². The van der Waals surface area contributed by atoms with Crippen LogP contribution in [0.25, 0.3) is 0 Å². The molecule has 100 valence electrons. The van der Waals surface area contributed by atoms with Crippen molar-refractivity contribution < 1.29 is 22.3 Å². The first kappa shape index (κ1) is 14.2. The molecular weight excluding hydrogens is 265 g/mol. The number of halogens is 1. The zero-order valence-electron chi connectivity index (χ0n) is 9.68. The van der Waals surface area contributed by atoms with E-state index in [0.29, 0.717) is 0 Å². The number of rotatable bonds is 4. The summed E-state index contributed by atoms with van der Waals surface area (Å²) < 4.78 is 43.6. The largest absolute Gasteiger partial charge is 0.446 e. The molecule has 0 aromatic carbocycles. The highest BCUT2D eigenvalue weighted by Crippen LogP contribution is 2.05. The highest BCUT2D eigenvalue weighted by molar-refractivity contribution is 7.91. The summed E-state index contributed by atoms with van der Waals surface area (Å²) in [6, 6.07) is 3.56. The van der Waals surface area contributed by atoms with Crippen molar-refractivity contribution >= 4 is 22.1 Å². The smallest absolute Gasteiger partial charge is 0.422 e. The summed E-state index contributed by atoms with van der Waals surface area (Å²) in [5.41, 5.74) is 0. The van der Waals surface area contributed by atoms with Gasteiger partial charge in [-0.2, -0.15) is 12.8 Å². The van der Waals surface area contributed by atoms with Crippen molar-refractivity contribution in [1.82, 2.24) is 9.71 Å². The van der Waals surface area contributed by atoms with Crippen LogP contribution in [0, 0.1) is 5.95 Å². The highest BCUT2D eigenvalue weighted by atomic mass is 32.2. The Morgan fingerprint density at radius 3 is 2.67 bits per heavy atom. The van der Waals surface area contributed by atoms with Crippen molar-refractivity contribution in [3.63, 3.8) is 0 Å². The van der Waals surface area contributed by atoms with E-state index in [1.807, 2.05) is 4.72 Å². The zero-order chi connectivity index (χ0) is 13.8. The lowest BCUT2D eigenvalue weighted by atomic mass is 10.5. The molecule has 18 heavy (non-hydrogen) atoms. The monoisotopic (exact) mass is 277 g/mol. The van der Waals surface area contributed by atoms with Crippen LogP contribution in [-0.4, -0.2) is 25.6 Å². The Bertz CT molecular complexity index is 532. The summed E-state index contributed by atoms with van der Waals surface area (Å²) in [5, 5.41) is 0. The third-order valence-corrected chi connectivity index (χ3v) is 2.43. The normalized spacial score (nSPS) is 11.1. The van der Waals surface area contributed by atoms with E-state index in [2.05, 4.69) is 9.72 Å². The Morgan fingerprint density at radius 2 is 2.11 bits per heavy atom. The van der Waals surface area contributed by atoms with Crippen molar-refractivity contribution in [2.75, 3.05) is 4.72 Å². The second kappa shape index (κ2) is 5.63. The fourth-order valence-corrected chi connectivity index (χ4v) is 1.68. The molecule has 0 atom stereocenters. The lowest BCUT2D eigenvalue weighted by Crippen LogP contribution is -2.37. The number of pyridine rings is 1. The van der Waals surface area contributed by atoms with Gasteiger partial charge >= 0.3 is 16.3 Å². The number of anilines is 1. The van der Waals surface area contributed by atoms with Gasteiger partial charge in [0.1, 0.15) is 5.82 Å². The van der Waals surface area contributed by atoms with Crippen LogP contribution >= 0.6 is 0 Å². The molecule has 0 saturated carbocycles. The summed E-state index contributed by atoms with van der Waals surface area (Å²) in [6.07, 6.45) is -1.60. The van der Waals surface area contributed by atoms with Gasteiger partial charge in [-0.25, -0.2) is 19.2 Å². The van der Waals surface area contributed by atoms with Crippen molar-refractivity contribution in [2.24, 2.45) is 0 Å². The molecule has 1 aromatic heterocycles. The summed E-state index contributed by atoms with van der Waals surface area (Å²) in [4.78, 5) is 14.4. The number of hydrogen-bond donors (Lipinski definition) is 2. The van der Waals surface area contributed by atoms with Gasteiger partial charge in [0.2, 0.25) is 5.95 Å². The maximum absolute atomic E-state index is 12.7.